The van der Waals surface area contributed by atoms with Crippen LogP contribution in [0, 0.1) is 0 Å². The van der Waals surface area contributed by atoms with E-state index in [9.17, 15) is 0 Å². The number of epoxide rings is 1. The van der Waals surface area contributed by atoms with E-state index in [1.807, 2.05) is 0 Å². The molecule has 46 valence electrons. The minimum Gasteiger partial charge on any atom is -0.351 e. The van der Waals surface area contributed by atoms with Crippen molar-refractivity contribution in [3.63, 3.8) is 0 Å². The third kappa shape index (κ3) is 0.727. The van der Waals surface area contributed by atoms with Crippen LogP contribution in [0.1, 0.15) is 12.8 Å². The van der Waals surface area contributed by atoms with E-state index in [1.54, 1.807) is 0 Å². The summed E-state index contributed by atoms with van der Waals surface area (Å²) in [4.78, 5) is 4.97. The van der Waals surface area contributed by atoms with Crippen LogP contribution in [-0.2, 0) is 9.57 Å². The fraction of sp³-hybridized carbons (Fsp3) is 1.00. The van der Waals surface area contributed by atoms with Crippen LogP contribution < -0.4 is 5.48 Å². The molecule has 0 amide bonds. The number of fused-ring (bicyclic) bond motifs is 1. The van der Waals surface area contributed by atoms with E-state index >= 15 is 0 Å². The predicted molar refractivity (Wildman–Crippen MR) is 27.0 cm³/mol. The molecule has 2 aliphatic rings. The summed E-state index contributed by atoms with van der Waals surface area (Å²) in [5.74, 6) is 0. The summed E-state index contributed by atoms with van der Waals surface area (Å²) >= 11 is 0. The van der Waals surface area contributed by atoms with Crippen LogP contribution >= 0.6 is 0 Å². The summed E-state index contributed by atoms with van der Waals surface area (Å²) in [5.41, 5.74) is 2.80. The monoisotopic (exact) mass is 115 g/mol. The molecule has 3 nitrogen and oxygen atoms in total. The predicted octanol–water partition coefficient (Wildman–Crippen LogP) is 0.0263. The Balaban J connectivity index is 1.89. The first kappa shape index (κ1) is 4.73. The Bertz CT molecular complexity index is 86.4. The van der Waals surface area contributed by atoms with Crippen molar-refractivity contribution < 1.29 is 9.57 Å². The molecule has 0 aromatic carbocycles. The van der Waals surface area contributed by atoms with E-state index in [1.165, 1.54) is 0 Å². The first-order valence-corrected chi connectivity index (χ1v) is 2.99. The quantitative estimate of drug-likeness (QED) is 0.452. The van der Waals surface area contributed by atoms with E-state index < -0.39 is 0 Å². The first-order valence-electron chi connectivity index (χ1n) is 2.99. The lowest BCUT2D eigenvalue weighted by atomic mass is 10.2. The molecule has 2 saturated heterocycles. The molecule has 2 rings (SSSR count). The van der Waals surface area contributed by atoms with Gasteiger partial charge in [-0.1, -0.05) is 0 Å². The van der Waals surface area contributed by atoms with Gasteiger partial charge in [-0.15, -0.1) is 0 Å². The Hall–Kier alpha value is -0.120. The fourth-order valence-corrected chi connectivity index (χ4v) is 0.964. The lowest BCUT2D eigenvalue weighted by Gasteiger charge is -1.96. The second-order valence-corrected chi connectivity index (χ2v) is 2.20. The molecule has 1 N–H and O–H groups in total. The molecule has 2 aliphatic heterocycles. The van der Waals surface area contributed by atoms with E-state index in [0.29, 0.717) is 6.10 Å². The van der Waals surface area contributed by atoms with Crippen LogP contribution in [-0.4, -0.2) is 18.9 Å². The highest BCUT2D eigenvalue weighted by molar-refractivity contribution is 4.80. The molecule has 0 saturated carbocycles. The van der Waals surface area contributed by atoms with Gasteiger partial charge < -0.3 is 4.74 Å². The van der Waals surface area contributed by atoms with Crippen molar-refractivity contribution in [1.82, 2.24) is 5.48 Å². The third-order valence-corrected chi connectivity index (χ3v) is 1.52. The van der Waals surface area contributed by atoms with E-state index in [0.717, 1.165) is 19.4 Å². The normalized spacial score (nSPS) is 45.0. The molecule has 0 spiro atoms. The van der Waals surface area contributed by atoms with Gasteiger partial charge in [-0.3, -0.25) is 4.84 Å². The number of hydrogen-bond acceptors (Lipinski definition) is 3. The van der Waals surface area contributed by atoms with Crippen LogP contribution in [0.5, 0.6) is 0 Å². The molecule has 0 aromatic heterocycles. The van der Waals surface area contributed by atoms with Gasteiger partial charge in [0.2, 0.25) is 0 Å². The fourth-order valence-electron chi connectivity index (χ4n) is 0.964. The van der Waals surface area contributed by atoms with Crippen molar-refractivity contribution in [2.24, 2.45) is 0 Å². The van der Waals surface area contributed by atoms with E-state index in [4.69, 9.17) is 9.57 Å². The number of ether oxygens (including phenoxy) is 1. The SMILES string of the molecule is C1CONC2OC2C1. The van der Waals surface area contributed by atoms with Crippen LogP contribution in [0.4, 0.5) is 0 Å². The topological polar surface area (TPSA) is 33.8 Å². The van der Waals surface area contributed by atoms with Crippen molar-refractivity contribution in [3.05, 3.63) is 0 Å². The summed E-state index contributed by atoms with van der Waals surface area (Å²) < 4.78 is 5.12. The number of nitrogens with one attached hydrogen (secondary N) is 1. The van der Waals surface area contributed by atoms with Gasteiger partial charge in [0.05, 0.1) is 6.61 Å². The molecule has 2 fully saturated rings. The highest BCUT2D eigenvalue weighted by atomic mass is 16.7. The van der Waals surface area contributed by atoms with Crippen LogP contribution in [0.25, 0.3) is 0 Å². The molecule has 2 unspecified atom stereocenters. The van der Waals surface area contributed by atoms with Gasteiger partial charge in [0, 0.05) is 0 Å². The molecule has 2 heterocycles. The molecule has 0 aromatic rings. The summed E-state index contributed by atoms with van der Waals surface area (Å²) in [7, 11) is 0. The largest absolute Gasteiger partial charge is 0.351 e. The molecular weight excluding hydrogens is 106 g/mol. The maximum absolute atomic E-state index is 5.12. The first-order chi connectivity index (χ1) is 3.97. The van der Waals surface area contributed by atoms with Crippen LogP contribution in [0.3, 0.4) is 0 Å². The summed E-state index contributed by atoms with van der Waals surface area (Å²) in [6, 6.07) is 0. The Kier molecular flexibility index (Phi) is 0.997. The van der Waals surface area contributed by atoms with Crippen molar-refractivity contribution >= 4 is 0 Å². The standard InChI is InChI=1S/C5H9NO2/c1-2-4-5(8-4)6-7-3-1/h4-6H,1-3H2. The average Bonchev–Trinajstić information content (AvgIpc) is 2.36. The molecular formula is C5H9NO2. The summed E-state index contributed by atoms with van der Waals surface area (Å²) in [6.07, 6.45) is 2.95. The van der Waals surface area contributed by atoms with E-state index in [-0.39, 0.29) is 6.23 Å². The number of hydrogen-bond donors (Lipinski definition) is 1. The molecule has 0 radical (unpaired) electrons. The Morgan fingerprint density at radius 3 is 3.50 bits per heavy atom. The molecule has 2 atom stereocenters. The Morgan fingerprint density at radius 1 is 1.50 bits per heavy atom. The van der Waals surface area contributed by atoms with Crippen LogP contribution in [0.2, 0.25) is 0 Å². The number of rotatable bonds is 0. The van der Waals surface area contributed by atoms with Gasteiger partial charge in [0.15, 0.2) is 6.23 Å². The van der Waals surface area contributed by atoms with Crippen molar-refractivity contribution in [2.45, 2.75) is 25.2 Å². The molecule has 0 aliphatic carbocycles. The Labute approximate surface area is 47.9 Å². The average molecular weight is 115 g/mol. The van der Waals surface area contributed by atoms with Crippen molar-refractivity contribution in [1.29, 1.82) is 0 Å². The van der Waals surface area contributed by atoms with Crippen molar-refractivity contribution in [2.75, 3.05) is 6.61 Å². The zero-order valence-corrected chi connectivity index (χ0v) is 4.59. The maximum atomic E-state index is 5.12. The van der Waals surface area contributed by atoms with Gasteiger partial charge >= 0.3 is 0 Å². The second-order valence-electron chi connectivity index (χ2n) is 2.20. The molecule has 8 heavy (non-hydrogen) atoms. The van der Waals surface area contributed by atoms with Crippen LogP contribution in [0.15, 0.2) is 0 Å². The highest BCUT2D eigenvalue weighted by Gasteiger charge is 2.39. The minimum absolute atomic E-state index is 0.220. The zero-order chi connectivity index (χ0) is 5.40. The van der Waals surface area contributed by atoms with Gasteiger partial charge in [0.25, 0.3) is 0 Å². The lowest BCUT2D eigenvalue weighted by molar-refractivity contribution is 0.0145. The number of hydroxylamine groups is 1. The van der Waals surface area contributed by atoms with Gasteiger partial charge in [-0.25, -0.2) is 0 Å². The Morgan fingerprint density at radius 2 is 2.50 bits per heavy atom. The maximum Gasteiger partial charge on any atom is 0.156 e. The second kappa shape index (κ2) is 1.69. The smallest absolute Gasteiger partial charge is 0.156 e. The van der Waals surface area contributed by atoms with E-state index in [2.05, 4.69) is 5.48 Å². The summed E-state index contributed by atoms with van der Waals surface area (Å²) in [6.45, 7) is 0.830. The van der Waals surface area contributed by atoms with Gasteiger partial charge in [-0.2, -0.15) is 5.48 Å². The summed E-state index contributed by atoms with van der Waals surface area (Å²) in [5, 5.41) is 0. The highest BCUT2D eigenvalue weighted by Crippen LogP contribution is 2.25. The molecule has 3 heteroatoms. The van der Waals surface area contributed by atoms with Gasteiger partial charge in [-0.05, 0) is 12.8 Å². The van der Waals surface area contributed by atoms with Crippen molar-refractivity contribution in [3.8, 4) is 0 Å². The minimum atomic E-state index is 0.220. The third-order valence-electron chi connectivity index (χ3n) is 1.52. The molecule has 0 bridgehead atoms. The lowest BCUT2D eigenvalue weighted by Crippen LogP contribution is -2.17. The van der Waals surface area contributed by atoms with Gasteiger partial charge in [0.1, 0.15) is 6.10 Å². The zero-order valence-electron chi connectivity index (χ0n) is 4.59.